The molecular formula is C14H24N4O. The van der Waals surface area contributed by atoms with E-state index in [1.807, 2.05) is 6.92 Å². The molecule has 2 heterocycles. The first-order chi connectivity index (χ1) is 9.19. The topological polar surface area (TPSA) is 51.0 Å². The zero-order valence-corrected chi connectivity index (χ0v) is 12.2. The van der Waals surface area contributed by atoms with Gasteiger partial charge in [0.05, 0.1) is 11.7 Å². The Morgan fingerprint density at radius 3 is 2.42 bits per heavy atom. The molecule has 0 unspecified atom stereocenters. The van der Waals surface area contributed by atoms with Crippen LogP contribution in [0, 0.1) is 0 Å². The summed E-state index contributed by atoms with van der Waals surface area (Å²) in [6, 6.07) is 0. The SMILES string of the molecule is CCn1nncc1C(=O)C(CC)(CC)N1CCCC1. The molecule has 5 heteroatoms. The minimum Gasteiger partial charge on any atom is -0.291 e. The highest BCUT2D eigenvalue weighted by atomic mass is 16.1. The molecule has 106 valence electrons. The van der Waals surface area contributed by atoms with Gasteiger partial charge in [0, 0.05) is 6.54 Å². The number of aromatic nitrogens is 3. The predicted octanol–water partition coefficient (Wildman–Crippen LogP) is 2.14. The molecule has 0 amide bonds. The van der Waals surface area contributed by atoms with E-state index >= 15 is 0 Å². The molecule has 0 aliphatic carbocycles. The van der Waals surface area contributed by atoms with E-state index in [9.17, 15) is 4.79 Å². The first kappa shape index (κ1) is 14.2. The minimum absolute atomic E-state index is 0.186. The van der Waals surface area contributed by atoms with E-state index in [0.29, 0.717) is 12.2 Å². The highest BCUT2D eigenvalue weighted by Gasteiger charge is 2.43. The number of rotatable bonds is 6. The molecule has 1 aromatic rings. The molecular weight excluding hydrogens is 240 g/mol. The number of hydrogen-bond donors (Lipinski definition) is 0. The van der Waals surface area contributed by atoms with Crippen molar-refractivity contribution in [1.82, 2.24) is 19.9 Å². The first-order valence-electron chi connectivity index (χ1n) is 7.38. The summed E-state index contributed by atoms with van der Waals surface area (Å²) in [6.45, 7) is 8.95. The van der Waals surface area contributed by atoms with Crippen molar-refractivity contribution in [2.24, 2.45) is 0 Å². The molecule has 2 rings (SSSR count). The number of aryl methyl sites for hydroxylation is 1. The predicted molar refractivity (Wildman–Crippen MR) is 74.1 cm³/mol. The molecule has 0 atom stereocenters. The van der Waals surface area contributed by atoms with Gasteiger partial charge in [0.2, 0.25) is 5.78 Å². The Morgan fingerprint density at radius 1 is 1.26 bits per heavy atom. The number of carbonyl (C=O) groups is 1. The minimum atomic E-state index is -0.370. The van der Waals surface area contributed by atoms with Gasteiger partial charge < -0.3 is 0 Å². The number of ketones is 1. The van der Waals surface area contributed by atoms with Crippen LogP contribution in [-0.2, 0) is 6.54 Å². The Labute approximate surface area is 115 Å². The fourth-order valence-electron chi connectivity index (χ4n) is 3.21. The lowest BCUT2D eigenvalue weighted by molar-refractivity contribution is 0.0570. The summed E-state index contributed by atoms with van der Waals surface area (Å²) >= 11 is 0. The van der Waals surface area contributed by atoms with Crippen LogP contribution >= 0.6 is 0 Å². The van der Waals surface area contributed by atoms with Gasteiger partial charge in [0.15, 0.2) is 0 Å². The lowest BCUT2D eigenvalue weighted by Crippen LogP contribution is -2.53. The van der Waals surface area contributed by atoms with Gasteiger partial charge in [-0.1, -0.05) is 19.1 Å². The average molecular weight is 264 g/mol. The number of Topliss-reactive ketones (excluding diaryl/α,β-unsaturated/α-hetero) is 1. The molecule has 1 saturated heterocycles. The van der Waals surface area contributed by atoms with Crippen molar-refractivity contribution in [3.05, 3.63) is 11.9 Å². The number of hydrogen-bond acceptors (Lipinski definition) is 4. The van der Waals surface area contributed by atoms with E-state index < -0.39 is 0 Å². The van der Waals surface area contributed by atoms with Crippen LogP contribution in [0.3, 0.4) is 0 Å². The molecule has 0 radical (unpaired) electrons. The third-order valence-corrected chi connectivity index (χ3v) is 4.45. The van der Waals surface area contributed by atoms with Gasteiger partial charge in [-0.05, 0) is 45.7 Å². The molecule has 1 aromatic heterocycles. The standard InChI is InChI=1S/C14H24N4O/c1-4-14(5-2,17-9-7-8-10-17)13(19)12-11-15-16-18(12)6-3/h11H,4-10H2,1-3H3. The second-order valence-electron chi connectivity index (χ2n) is 5.20. The molecule has 0 N–H and O–H groups in total. The largest absolute Gasteiger partial charge is 0.291 e. The van der Waals surface area contributed by atoms with Gasteiger partial charge in [0.1, 0.15) is 5.69 Å². The normalized spacial score (nSPS) is 17.0. The maximum Gasteiger partial charge on any atom is 0.202 e. The second-order valence-corrected chi connectivity index (χ2v) is 5.20. The Kier molecular flexibility index (Phi) is 4.34. The van der Waals surface area contributed by atoms with Crippen molar-refractivity contribution >= 4 is 5.78 Å². The summed E-state index contributed by atoms with van der Waals surface area (Å²) in [7, 11) is 0. The van der Waals surface area contributed by atoms with E-state index in [1.54, 1.807) is 10.9 Å². The summed E-state index contributed by atoms with van der Waals surface area (Å²) in [5.74, 6) is 0.186. The summed E-state index contributed by atoms with van der Waals surface area (Å²) in [4.78, 5) is 15.4. The summed E-state index contributed by atoms with van der Waals surface area (Å²) in [5.41, 5.74) is 0.281. The Bertz CT molecular complexity index is 430. The fraction of sp³-hybridized carbons (Fsp3) is 0.786. The maximum absolute atomic E-state index is 13.0. The van der Waals surface area contributed by atoms with E-state index in [1.165, 1.54) is 12.8 Å². The molecule has 0 spiro atoms. The third kappa shape index (κ3) is 2.31. The van der Waals surface area contributed by atoms with Crippen LogP contribution in [0.15, 0.2) is 6.20 Å². The molecule has 19 heavy (non-hydrogen) atoms. The van der Waals surface area contributed by atoms with Crippen molar-refractivity contribution in [3.8, 4) is 0 Å². The van der Waals surface area contributed by atoms with Crippen LogP contribution in [0.2, 0.25) is 0 Å². The molecule has 1 aliphatic rings. The number of likely N-dealkylation sites (tertiary alicyclic amines) is 1. The molecule has 5 nitrogen and oxygen atoms in total. The molecule has 1 aliphatic heterocycles. The van der Waals surface area contributed by atoms with Gasteiger partial charge >= 0.3 is 0 Å². The highest BCUT2D eigenvalue weighted by molar-refractivity contribution is 6.01. The van der Waals surface area contributed by atoms with Crippen LogP contribution < -0.4 is 0 Å². The smallest absolute Gasteiger partial charge is 0.202 e. The lowest BCUT2D eigenvalue weighted by Gasteiger charge is -2.39. The summed E-state index contributed by atoms with van der Waals surface area (Å²) < 4.78 is 1.71. The average Bonchev–Trinajstić information content (AvgIpc) is 3.11. The maximum atomic E-state index is 13.0. The Morgan fingerprint density at radius 2 is 1.89 bits per heavy atom. The van der Waals surface area contributed by atoms with Crippen LogP contribution in [0.1, 0.15) is 56.9 Å². The van der Waals surface area contributed by atoms with Crippen LogP contribution in [-0.4, -0.2) is 44.3 Å². The van der Waals surface area contributed by atoms with Crippen molar-refractivity contribution < 1.29 is 4.79 Å². The monoisotopic (exact) mass is 264 g/mol. The third-order valence-electron chi connectivity index (χ3n) is 4.45. The van der Waals surface area contributed by atoms with Crippen LogP contribution in [0.4, 0.5) is 0 Å². The Balaban J connectivity index is 2.35. The van der Waals surface area contributed by atoms with Crippen LogP contribution in [0.25, 0.3) is 0 Å². The van der Waals surface area contributed by atoms with Crippen molar-refractivity contribution in [2.75, 3.05) is 13.1 Å². The van der Waals surface area contributed by atoms with E-state index in [2.05, 4.69) is 29.1 Å². The summed E-state index contributed by atoms with van der Waals surface area (Å²) in [6.07, 6.45) is 5.69. The molecule has 1 fully saturated rings. The van der Waals surface area contributed by atoms with Crippen molar-refractivity contribution in [1.29, 1.82) is 0 Å². The van der Waals surface area contributed by atoms with Gasteiger partial charge in [-0.15, -0.1) is 5.10 Å². The number of nitrogens with zero attached hydrogens (tertiary/aromatic N) is 4. The van der Waals surface area contributed by atoms with Crippen LogP contribution in [0.5, 0.6) is 0 Å². The van der Waals surface area contributed by atoms with Crippen molar-refractivity contribution in [2.45, 2.75) is 58.5 Å². The first-order valence-corrected chi connectivity index (χ1v) is 7.38. The quantitative estimate of drug-likeness (QED) is 0.739. The van der Waals surface area contributed by atoms with E-state index in [4.69, 9.17) is 0 Å². The fourth-order valence-corrected chi connectivity index (χ4v) is 3.21. The van der Waals surface area contributed by atoms with E-state index in [-0.39, 0.29) is 11.3 Å². The zero-order chi connectivity index (χ0) is 13.9. The van der Waals surface area contributed by atoms with Gasteiger partial charge in [-0.3, -0.25) is 9.69 Å². The zero-order valence-electron chi connectivity index (χ0n) is 12.2. The van der Waals surface area contributed by atoms with E-state index in [0.717, 1.165) is 25.9 Å². The highest BCUT2D eigenvalue weighted by Crippen LogP contribution is 2.31. The number of carbonyl (C=O) groups excluding carboxylic acids is 1. The molecule has 0 saturated carbocycles. The molecule has 0 aromatic carbocycles. The lowest BCUT2D eigenvalue weighted by atomic mass is 9.84. The second kappa shape index (κ2) is 5.82. The van der Waals surface area contributed by atoms with Gasteiger partial charge in [-0.25, -0.2) is 4.68 Å². The molecule has 0 bridgehead atoms. The van der Waals surface area contributed by atoms with Gasteiger partial charge in [0.25, 0.3) is 0 Å². The van der Waals surface area contributed by atoms with Gasteiger partial charge in [-0.2, -0.15) is 0 Å². The Hall–Kier alpha value is -1.23. The summed E-state index contributed by atoms with van der Waals surface area (Å²) in [5, 5.41) is 7.89. The van der Waals surface area contributed by atoms with Crippen molar-refractivity contribution in [3.63, 3.8) is 0 Å².